The second kappa shape index (κ2) is 18.6. The van der Waals surface area contributed by atoms with Gasteiger partial charge in [-0.1, -0.05) is 116 Å². The van der Waals surface area contributed by atoms with Crippen LogP contribution in [0.15, 0.2) is 48.1 Å². The fourth-order valence-electron chi connectivity index (χ4n) is 14.9. The van der Waals surface area contributed by atoms with Crippen molar-refractivity contribution >= 4 is 28.2 Å². The molecule has 3 N–H and O–H groups in total. The zero-order valence-corrected chi connectivity index (χ0v) is 42.5. The van der Waals surface area contributed by atoms with Crippen LogP contribution in [0.5, 0.6) is 0 Å². The highest BCUT2D eigenvalue weighted by molar-refractivity contribution is 6.18. The lowest BCUT2D eigenvalue weighted by Gasteiger charge is -2.64. The van der Waals surface area contributed by atoms with Crippen LogP contribution in [0, 0.1) is 28.6 Å². The smallest absolute Gasteiger partial charge is 0.246 e. The van der Waals surface area contributed by atoms with Gasteiger partial charge < -0.3 is 29.6 Å². The number of unbranched alkanes of at least 4 members (excludes halogenated alkanes) is 9. The number of ether oxygens (including phenoxy) is 2. The Bertz CT molecular complexity index is 2310. The van der Waals surface area contributed by atoms with Crippen molar-refractivity contribution in [2.45, 2.75) is 207 Å². The topological polar surface area (TPSA) is 110 Å². The third-order valence-electron chi connectivity index (χ3n) is 18.2. The second-order valence-corrected chi connectivity index (χ2v) is 23.4. The van der Waals surface area contributed by atoms with E-state index in [9.17, 15) is 15.0 Å². The summed E-state index contributed by atoms with van der Waals surface area (Å²) in [5.74, 6) is 0.230. The van der Waals surface area contributed by atoms with Crippen LogP contribution in [0.3, 0.4) is 0 Å². The number of hydrogen-bond donors (Lipinski definition) is 3. The van der Waals surface area contributed by atoms with E-state index < -0.39 is 34.9 Å². The minimum atomic E-state index is -0.859. The van der Waals surface area contributed by atoms with E-state index in [0.717, 1.165) is 78.3 Å². The summed E-state index contributed by atoms with van der Waals surface area (Å²) >= 11 is 0. The lowest BCUT2D eigenvalue weighted by molar-refractivity contribution is -0.144. The molecule has 1 amide bonds. The number of benzene rings is 1. The molecule has 9 atom stereocenters. The van der Waals surface area contributed by atoms with Gasteiger partial charge in [-0.25, -0.2) is 0 Å². The standard InChI is InChI=1S/C58H84N2O6/c1-12-13-14-15-16-17-18-19-20-21-31-65-32-23-30-59-53(64)37(4)24-22-28-56(9)43-26-25-38-33-41-40-34-39-42-35-54(5,6)66-55(7,8)47(42)50(62)45(39)46-49(40)60(48(36(2)3)51(46)63)52(41)58(38,11)57(43,10)29-27-44(56)61/h22,24,28,34-35,38,43-44,47-48,50,61-62H,2,12-21,23,25-27,29-33H2,1,3-11H3,(H,59,64)/b28-22+,37-24+. The van der Waals surface area contributed by atoms with Gasteiger partial charge in [-0.3, -0.25) is 9.59 Å². The molecule has 66 heavy (non-hydrogen) atoms. The van der Waals surface area contributed by atoms with Crippen LogP contribution >= 0.6 is 0 Å². The molecule has 8 rings (SSSR count). The van der Waals surface area contributed by atoms with Crippen molar-refractivity contribution in [3.63, 3.8) is 0 Å². The number of carbonyl (C=O) groups excluding carboxylic acids is 2. The van der Waals surface area contributed by atoms with Gasteiger partial charge in [-0.05, 0) is 133 Å². The van der Waals surface area contributed by atoms with E-state index in [0.29, 0.717) is 36.6 Å². The first kappa shape index (κ1) is 49.1. The van der Waals surface area contributed by atoms with Gasteiger partial charge in [-0.15, -0.1) is 0 Å². The van der Waals surface area contributed by atoms with Gasteiger partial charge in [0.05, 0.1) is 34.5 Å². The molecule has 3 heterocycles. The largest absolute Gasteiger partial charge is 0.392 e. The van der Waals surface area contributed by atoms with Crippen molar-refractivity contribution in [3.05, 3.63) is 76.0 Å². The minimum Gasteiger partial charge on any atom is -0.392 e. The molecule has 1 aromatic carbocycles. The van der Waals surface area contributed by atoms with Gasteiger partial charge in [0.2, 0.25) is 5.91 Å². The molecule has 0 bridgehead atoms. The van der Waals surface area contributed by atoms with Crippen molar-refractivity contribution in [2.24, 2.45) is 28.6 Å². The molecule has 8 nitrogen and oxygen atoms in total. The number of aliphatic hydroxyl groups excluding tert-OH is 2. The number of aliphatic hydroxyl groups is 2. The third kappa shape index (κ3) is 8.07. The molecular weight excluding hydrogens is 821 g/mol. The summed E-state index contributed by atoms with van der Waals surface area (Å²) in [6.07, 6.45) is 25.3. The number of allylic oxidation sites excluding steroid dienone is 3. The van der Waals surface area contributed by atoms with E-state index in [4.69, 9.17) is 9.47 Å². The minimum absolute atomic E-state index is 0.0361. The summed E-state index contributed by atoms with van der Waals surface area (Å²) in [5.41, 5.74) is 6.39. The molecule has 2 fully saturated rings. The summed E-state index contributed by atoms with van der Waals surface area (Å²) in [6, 6.07) is 1.78. The van der Waals surface area contributed by atoms with E-state index in [-0.39, 0.29) is 34.4 Å². The quantitative estimate of drug-likeness (QED) is 0.0561. The number of Topliss-reactive ketones (excluding diaryl/α,β-unsaturated/α-hetero) is 1. The predicted octanol–water partition coefficient (Wildman–Crippen LogP) is 12.5. The molecule has 1 aromatic heterocycles. The van der Waals surface area contributed by atoms with Crippen LogP contribution < -0.4 is 5.32 Å². The summed E-state index contributed by atoms with van der Waals surface area (Å²) in [4.78, 5) is 28.2. The second-order valence-electron chi connectivity index (χ2n) is 23.4. The number of nitrogens with one attached hydrogen (secondary N) is 1. The van der Waals surface area contributed by atoms with Crippen LogP contribution in [0.2, 0.25) is 0 Å². The normalized spacial score (nSPS) is 32.6. The van der Waals surface area contributed by atoms with Gasteiger partial charge >= 0.3 is 0 Å². The number of amides is 1. The number of nitrogens with zero attached hydrogens (tertiary/aromatic N) is 1. The Balaban J connectivity index is 0.981. The maximum absolute atomic E-state index is 15.0. The van der Waals surface area contributed by atoms with Gasteiger partial charge in [0.15, 0.2) is 5.78 Å². The van der Waals surface area contributed by atoms with Crippen LogP contribution in [0.4, 0.5) is 0 Å². The van der Waals surface area contributed by atoms with Crippen molar-refractivity contribution < 1.29 is 29.3 Å². The zero-order valence-electron chi connectivity index (χ0n) is 42.5. The number of ketones is 1. The van der Waals surface area contributed by atoms with Crippen molar-refractivity contribution in [1.29, 1.82) is 0 Å². The van der Waals surface area contributed by atoms with Crippen LogP contribution in [-0.4, -0.2) is 63.5 Å². The zero-order chi connectivity index (χ0) is 47.6. The SMILES string of the molecule is C=C(C)C1C(=O)c2c3c(cc4c5c(n1c24)C1(C)C(CCC2C(C)(/C=C/C=C(\C)C(=O)NCCCOCCCCCCCCCCCC)C(O)CCC21C)C5)C1=CC(C)(C)OC(C)(C)C1C3O. The van der Waals surface area contributed by atoms with E-state index in [1.807, 2.05) is 26.0 Å². The lowest BCUT2D eigenvalue weighted by atomic mass is 9.40. The van der Waals surface area contributed by atoms with Crippen molar-refractivity contribution in [1.82, 2.24) is 9.88 Å². The summed E-state index contributed by atoms with van der Waals surface area (Å²) in [7, 11) is 0. The molecule has 2 saturated carbocycles. The molecule has 6 aliphatic rings. The molecular formula is C58H84N2O6. The number of aromatic nitrogens is 1. The van der Waals surface area contributed by atoms with Crippen molar-refractivity contribution in [2.75, 3.05) is 19.8 Å². The number of rotatable bonds is 19. The highest BCUT2D eigenvalue weighted by Crippen LogP contribution is 2.71. The summed E-state index contributed by atoms with van der Waals surface area (Å²) in [6.45, 7) is 28.0. The van der Waals surface area contributed by atoms with Gasteiger partial charge in [0, 0.05) is 58.7 Å². The van der Waals surface area contributed by atoms with Gasteiger partial charge in [0.25, 0.3) is 0 Å². The monoisotopic (exact) mass is 905 g/mol. The first-order valence-electron chi connectivity index (χ1n) is 26.2. The Morgan fingerprint density at radius 1 is 0.939 bits per heavy atom. The Morgan fingerprint density at radius 2 is 1.61 bits per heavy atom. The highest BCUT2D eigenvalue weighted by atomic mass is 16.5. The molecule has 362 valence electrons. The van der Waals surface area contributed by atoms with Gasteiger partial charge in [0.1, 0.15) is 6.04 Å². The first-order chi connectivity index (χ1) is 31.2. The Morgan fingerprint density at radius 3 is 2.29 bits per heavy atom. The first-order valence-corrected chi connectivity index (χ1v) is 26.2. The molecule has 0 spiro atoms. The molecule has 2 aliphatic heterocycles. The Labute approximate surface area is 397 Å². The third-order valence-corrected chi connectivity index (χ3v) is 18.2. The van der Waals surface area contributed by atoms with Gasteiger partial charge in [-0.2, -0.15) is 0 Å². The van der Waals surface area contributed by atoms with E-state index in [1.54, 1.807) is 0 Å². The van der Waals surface area contributed by atoms with E-state index in [2.05, 4.69) is 90.1 Å². The molecule has 8 heteroatoms. The lowest BCUT2D eigenvalue weighted by Crippen LogP contribution is -2.62. The summed E-state index contributed by atoms with van der Waals surface area (Å²) < 4.78 is 14.8. The molecule has 0 radical (unpaired) electrons. The maximum atomic E-state index is 15.0. The highest BCUT2D eigenvalue weighted by Gasteiger charge is 2.68. The average molecular weight is 905 g/mol. The van der Waals surface area contributed by atoms with E-state index >= 15 is 4.79 Å². The molecule has 0 saturated heterocycles. The predicted molar refractivity (Wildman–Crippen MR) is 268 cm³/mol. The van der Waals surface area contributed by atoms with Crippen LogP contribution in [-0.2, 0) is 26.1 Å². The molecule has 4 aliphatic carbocycles. The number of fused-ring (bicyclic) bond motifs is 11. The van der Waals surface area contributed by atoms with E-state index in [1.165, 1.54) is 69.0 Å². The number of carbonyl (C=O) groups is 2. The maximum Gasteiger partial charge on any atom is 0.246 e. The van der Waals surface area contributed by atoms with Crippen LogP contribution in [0.25, 0.3) is 16.5 Å². The number of hydrogen-bond acceptors (Lipinski definition) is 6. The Kier molecular flexibility index (Phi) is 13.8. The summed E-state index contributed by atoms with van der Waals surface area (Å²) in [5, 5.41) is 28.5. The fourth-order valence-corrected chi connectivity index (χ4v) is 14.9. The molecule has 9 unspecified atom stereocenters. The van der Waals surface area contributed by atoms with Crippen molar-refractivity contribution in [3.8, 4) is 0 Å². The van der Waals surface area contributed by atoms with Crippen LogP contribution in [0.1, 0.15) is 210 Å². The molecule has 2 aromatic rings. The fraction of sp³-hybridized carbons (Fsp3) is 0.690. The average Bonchev–Trinajstić information content (AvgIpc) is 3.92. The Hall–Kier alpha value is -3.30.